The Morgan fingerprint density at radius 1 is 0.958 bits per heavy atom. The van der Waals surface area contributed by atoms with Crippen LogP contribution in [0.25, 0.3) is 0 Å². The molecule has 0 aromatic carbocycles. The van der Waals surface area contributed by atoms with Crippen molar-refractivity contribution in [3.8, 4) is 0 Å². The van der Waals surface area contributed by atoms with Gasteiger partial charge in [0.15, 0.2) is 0 Å². The molecule has 4 saturated carbocycles. The summed E-state index contributed by atoms with van der Waals surface area (Å²) in [5.74, 6) is 1.83. The van der Waals surface area contributed by atoms with E-state index in [1.165, 1.54) is 0 Å². The third-order valence-electron chi connectivity index (χ3n) is 9.32. The van der Waals surface area contributed by atoms with Gasteiger partial charge in [0, 0.05) is 11.3 Å². The third-order valence-corrected chi connectivity index (χ3v) is 9.32. The van der Waals surface area contributed by atoms with E-state index in [0.29, 0.717) is 17.8 Å². The number of Topliss-reactive ketones (excluding diaryl/α,β-unsaturated/α-hetero) is 1. The second kappa shape index (κ2) is 5.30. The van der Waals surface area contributed by atoms with Crippen LogP contribution in [0.1, 0.15) is 78.6 Å². The first-order valence-electron chi connectivity index (χ1n) is 10.1. The van der Waals surface area contributed by atoms with Crippen LogP contribution in [0.15, 0.2) is 0 Å². The molecule has 7 unspecified atom stereocenters. The van der Waals surface area contributed by atoms with Gasteiger partial charge < -0.3 is 10.2 Å². The summed E-state index contributed by atoms with van der Waals surface area (Å²) < 4.78 is 0. The molecule has 4 aliphatic carbocycles. The van der Waals surface area contributed by atoms with E-state index in [1.54, 1.807) is 6.92 Å². The molecular weight excluding hydrogens is 300 g/mol. The fourth-order valence-corrected chi connectivity index (χ4v) is 7.85. The molecule has 0 bridgehead atoms. The van der Waals surface area contributed by atoms with Crippen LogP contribution in [0.3, 0.4) is 0 Å². The quantitative estimate of drug-likeness (QED) is 0.768. The van der Waals surface area contributed by atoms with Crippen molar-refractivity contribution in [3.05, 3.63) is 0 Å². The molecule has 3 heteroatoms. The Kier molecular flexibility index (Phi) is 3.76. The lowest BCUT2D eigenvalue weighted by Crippen LogP contribution is -2.62. The fraction of sp³-hybridized carbons (Fsp3) is 0.952. The predicted octanol–water partition coefficient (Wildman–Crippen LogP) is 3.71. The topological polar surface area (TPSA) is 57.5 Å². The second-order valence-corrected chi connectivity index (χ2v) is 10.0. The van der Waals surface area contributed by atoms with Crippen LogP contribution in [0.4, 0.5) is 0 Å². The van der Waals surface area contributed by atoms with Gasteiger partial charge in [0.1, 0.15) is 5.78 Å². The molecule has 0 aromatic heterocycles. The Hall–Kier alpha value is -0.410. The summed E-state index contributed by atoms with van der Waals surface area (Å²) in [5.41, 5.74) is -0.610. The largest absolute Gasteiger partial charge is 0.393 e. The first-order chi connectivity index (χ1) is 11.2. The highest BCUT2D eigenvalue weighted by Crippen LogP contribution is 2.69. The smallest absolute Gasteiger partial charge is 0.133 e. The molecule has 0 saturated heterocycles. The second-order valence-electron chi connectivity index (χ2n) is 10.0. The number of hydrogen-bond donors (Lipinski definition) is 2. The number of carbonyl (C=O) groups is 1. The van der Waals surface area contributed by atoms with E-state index in [0.717, 1.165) is 57.8 Å². The first kappa shape index (κ1) is 17.0. The van der Waals surface area contributed by atoms with Gasteiger partial charge in [0.05, 0.1) is 11.7 Å². The van der Waals surface area contributed by atoms with E-state index in [-0.39, 0.29) is 28.6 Å². The molecule has 0 amide bonds. The number of carbonyl (C=O) groups excluding carboxylic acids is 1. The molecule has 4 aliphatic rings. The first-order valence-corrected chi connectivity index (χ1v) is 10.1. The fourth-order valence-electron chi connectivity index (χ4n) is 7.85. The molecule has 0 radical (unpaired) electrons. The maximum absolute atomic E-state index is 12.2. The van der Waals surface area contributed by atoms with Gasteiger partial charge in [-0.05, 0) is 87.9 Å². The highest BCUT2D eigenvalue weighted by atomic mass is 16.3. The molecule has 0 heterocycles. The number of aliphatic hydroxyl groups is 2. The Bertz CT molecular complexity index is 545. The van der Waals surface area contributed by atoms with E-state index in [9.17, 15) is 15.0 Å². The van der Waals surface area contributed by atoms with Gasteiger partial charge in [-0.3, -0.25) is 4.79 Å². The lowest BCUT2D eigenvalue weighted by atomic mass is 9.43. The van der Waals surface area contributed by atoms with E-state index < -0.39 is 5.60 Å². The van der Waals surface area contributed by atoms with Gasteiger partial charge in [-0.1, -0.05) is 13.8 Å². The zero-order valence-electron chi connectivity index (χ0n) is 15.6. The van der Waals surface area contributed by atoms with E-state index in [4.69, 9.17) is 0 Å². The summed E-state index contributed by atoms with van der Waals surface area (Å²) in [6.45, 7) is 6.35. The van der Waals surface area contributed by atoms with Gasteiger partial charge in [-0.15, -0.1) is 0 Å². The highest BCUT2D eigenvalue weighted by Gasteiger charge is 2.67. The van der Waals surface area contributed by atoms with Gasteiger partial charge in [0.25, 0.3) is 0 Å². The van der Waals surface area contributed by atoms with Crippen molar-refractivity contribution in [2.75, 3.05) is 0 Å². The zero-order valence-corrected chi connectivity index (χ0v) is 15.6. The van der Waals surface area contributed by atoms with Crippen molar-refractivity contribution >= 4 is 5.78 Å². The van der Waals surface area contributed by atoms with Crippen molar-refractivity contribution < 1.29 is 15.0 Å². The Balaban J connectivity index is 1.68. The summed E-state index contributed by atoms with van der Waals surface area (Å²) in [6, 6.07) is 0. The minimum absolute atomic E-state index is 0.0437. The summed E-state index contributed by atoms with van der Waals surface area (Å²) in [4.78, 5) is 12.2. The van der Waals surface area contributed by atoms with Crippen LogP contribution in [0.5, 0.6) is 0 Å². The lowest BCUT2D eigenvalue weighted by Gasteiger charge is -2.63. The van der Waals surface area contributed by atoms with Gasteiger partial charge in [0.2, 0.25) is 0 Å². The van der Waals surface area contributed by atoms with Crippen molar-refractivity contribution in [1.82, 2.24) is 0 Å². The van der Waals surface area contributed by atoms with Gasteiger partial charge in [-0.2, -0.15) is 0 Å². The molecule has 0 aromatic rings. The lowest BCUT2D eigenvalue weighted by molar-refractivity contribution is -0.210. The van der Waals surface area contributed by atoms with E-state index >= 15 is 0 Å². The predicted molar refractivity (Wildman–Crippen MR) is 93.4 cm³/mol. The Morgan fingerprint density at radius 3 is 2.42 bits per heavy atom. The van der Waals surface area contributed by atoms with Crippen LogP contribution >= 0.6 is 0 Å². The number of rotatable bonds is 1. The summed E-state index contributed by atoms with van der Waals surface area (Å²) >= 11 is 0. The SMILES string of the molecule is CC(=O)[C@H]1CCC2(O)C3CCC4CC(O)CCC4(C)C3CCC12C. The Morgan fingerprint density at radius 2 is 1.71 bits per heavy atom. The molecule has 2 N–H and O–H groups in total. The van der Waals surface area contributed by atoms with E-state index in [1.807, 2.05) is 0 Å². The van der Waals surface area contributed by atoms with Crippen molar-refractivity contribution in [2.24, 2.45) is 34.5 Å². The van der Waals surface area contributed by atoms with Gasteiger partial charge >= 0.3 is 0 Å². The molecule has 4 rings (SSSR count). The minimum Gasteiger partial charge on any atom is -0.393 e. The van der Waals surface area contributed by atoms with Crippen LogP contribution in [0.2, 0.25) is 0 Å². The highest BCUT2D eigenvalue weighted by molar-refractivity contribution is 5.80. The van der Waals surface area contributed by atoms with Crippen LogP contribution < -0.4 is 0 Å². The van der Waals surface area contributed by atoms with Crippen LogP contribution in [-0.4, -0.2) is 27.7 Å². The summed E-state index contributed by atoms with van der Waals surface area (Å²) in [6.07, 6.45) is 8.87. The molecule has 136 valence electrons. The number of hydrogen-bond acceptors (Lipinski definition) is 3. The maximum Gasteiger partial charge on any atom is 0.133 e. The maximum atomic E-state index is 12.2. The number of aliphatic hydroxyl groups excluding tert-OH is 1. The molecule has 3 nitrogen and oxygen atoms in total. The third kappa shape index (κ3) is 2.00. The van der Waals surface area contributed by atoms with Crippen molar-refractivity contribution in [1.29, 1.82) is 0 Å². The van der Waals surface area contributed by atoms with E-state index in [2.05, 4.69) is 13.8 Å². The average Bonchev–Trinajstić information content (AvgIpc) is 2.80. The molecule has 0 aliphatic heterocycles. The van der Waals surface area contributed by atoms with Crippen molar-refractivity contribution in [2.45, 2.75) is 90.3 Å². The normalized spacial score (nSPS) is 57.0. The summed E-state index contributed by atoms with van der Waals surface area (Å²) in [7, 11) is 0. The number of fused-ring (bicyclic) bond motifs is 5. The molecule has 8 atom stereocenters. The Labute approximate surface area is 146 Å². The molecular formula is C21H34O3. The van der Waals surface area contributed by atoms with Crippen molar-refractivity contribution in [3.63, 3.8) is 0 Å². The molecule has 0 spiro atoms. The minimum atomic E-state index is -0.656. The van der Waals surface area contributed by atoms with Gasteiger partial charge in [-0.25, -0.2) is 0 Å². The zero-order chi connectivity index (χ0) is 17.3. The number of ketones is 1. The van der Waals surface area contributed by atoms with Crippen LogP contribution in [-0.2, 0) is 4.79 Å². The molecule has 4 fully saturated rings. The summed E-state index contributed by atoms with van der Waals surface area (Å²) in [5, 5.41) is 21.9. The average molecular weight is 335 g/mol. The molecule has 24 heavy (non-hydrogen) atoms. The monoisotopic (exact) mass is 334 g/mol. The van der Waals surface area contributed by atoms with Crippen LogP contribution in [0, 0.1) is 34.5 Å². The standard InChI is InChI=1S/C21H34O3/c1-13(22)16-8-11-21(24)18-5-4-14-12-15(23)6-9-19(14,2)17(18)7-10-20(16,21)3/h14-18,23-24H,4-12H2,1-3H3/t14?,15?,16-,17?,18?,19?,20?,21?/m1/s1.